The molecule has 0 aromatic carbocycles. The van der Waals surface area contributed by atoms with E-state index in [0.29, 0.717) is 6.61 Å². The summed E-state index contributed by atoms with van der Waals surface area (Å²) in [5.74, 6) is -0.840. The van der Waals surface area contributed by atoms with Crippen LogP contribution in [0.1, 0.15) is 40.5 Å². The average Bonchev–Trinajstić information content (AvgIpc) is 2.85. The largest absolute Gasteiger partial charge is 0.465 e. The minimum absolute atomic E-state index is 0.0222. The zero-order valence-electron chi connectivity index (χ0n) is 10.0. The lowest BCUT2D eigenvalue weighted by Gasteiger charge is -2.20. The lowest BCUT2D eigenvalue weighted by Crippen LogP contribution is -2.34. The van der Waals surface area contributed by atoms with Crippen molar-refractivity contribution >= 4 is 11.8 Å². The van der Waals surface area contributed by atoms with Gasteiger partial charge in [-0.3, -0.25) is 9.59 Å². The van der Waals surface area contributed by atoms with E-state index in [0.717, 1.165) is 12.8 Å². The highest BCUT2D eigenvalue weighted by molar-refractivity contribution is 6.03. The highest BCUT2D eigenvalue weighted by Crippen LogP contribution is 2.48. The lowest BCUT2D eigenvalue weighted by molar-refractivity contribution is -0.154. The lowest BCUT2D eigenvalue weighted by atomic mass is 9.84. The normalized spacial score (nSPS) is 19.8. The molecule has 3 nitrogen and oxygen atoms in total. The monoisotopic (exact) mass is 212 g/mol. The molecule has 1 fully saturated rings. The minimum Gasteiger partial charge on any atom is -0.465 e. The SMILES string of the molecule is CCOC(=O)C(C(=O)C1(C)CC1)C(C)C. The second-order valence-electron chi connectivity index (χ2n) is 4.90. The molecule has 0 amide bonds. The molecule has 1 atom stereocenters. The van der Waals surface area contributed by atoms with Crippen LogP contribution in [0.5, 0.6) is 0 Å². The molecule has 0 radical (unpaired) electrons. The van der Waals surface area contributed by atoms with Crippen LogP contribution in [0, 0.1) is 17.3 Å². The van der Waals surface area contributed by atoms with Crippen molar-refractivity contribution in [3.63, 3.8) is 0 Å². The van der Waals surface area contributed by atoms with Gasteiger partial charge in [0.1, 0.15) is 5.92 Å². The van der Waals surface area contributed by atoms with Crippen molar-refractivity contribution in [2.45, 2.75) is 40.5 Å². The molecular weight excluding hydrogens is 192 g/mol. The van der Waals surface area contributed by atoms with Gasteiger partial charge in [0.15, 0.2) is 5.78 Å². The standard InChI is InChI=1S/C12H20O3/c1-5-15-11(14)9(8(2)3)10(13)12(4)6-7-12/h8-9H,5-7H2,1-4H3. The van der Waals surface area contributed by atoms with Gasteiger partial charge in [0.25, 0.3) is 0 Å². The van der Waals surface area contributed by atoms with Crippen molar-refractivity contribution in [2.75, 3.05) is 6.61 Å². The Morgan fingerprint density at radius 2 is 1.87 bits per heavy atom. The van der Waals surface area contributed by atoms with Crippen LogP contribution in [0.15, 0.2) is 0 Å². The van der Waals surface area contributed by atoms with Gasteiger partial charge in [-0.15, -0.1) is 0 Å². The zero-order chi connectivity index (χ0) is 11.6. The summed E-state index contributed by atoms with van der Waals surface area (Å²) in [7, 11) is 0. The summed E-state index contributed by atoms with van der Waals surface area (Å²) < 4.78 is 4.95. The predicted octanol–water partition coefficient (Wildman–Crippen LogP) is 2.19. The highest BCUT2D eigenvalue weighted by atomic mass is 16.5. The molecule has 3 heteroatoms. The molecular formula is C12H20O3. The fraction of sp³-hybridized carbons (Fsp3) is 0.833. The van der Waals surface area contributed by atoms with Crippen LogP contribution in [0.25, 0.3) is 0 Å². The molecule has 0 saturated heterocycles. The van der Waals surface area contributed by atoms with Crippen LogP contribution >= 0.6 is 0 Å². The first kappa shape index (κ1) is 12.2. The van der Waals surface area contributed by atoms with Crippen LogP contribution in [-0.2, 0) is 14.3 Å². The number of carbonyl (C=O) groups excluding carboxylic acids is 2. The van der Waals surface area contributed by atoms with E-state index in [2.05, 4.69) is 0 Å². The van der Waals surface area contributed by atoms with E-state index >= 15 is 0 Å². The van der Waals surface area contributed by atoms with Crippen molar-refractivity contribution in [3.05, 3.63) is 0 Å². The van der Waals surface area contributed by atoms with Gasteiger partial charge in [0.2, 0.25) is 0 Å². The maximum atomic E-state index is 12.1. The average molecular weight is 212 g/mol. The number of Topliss-reactive ketones (excluding diaryl/α,β-unsaturated/α-hetero) is 1. The van der Waals surface area contributed by atoms with E-state index in [4.69, 9.17) is 4.74 Å². The van der Waals surface area contributed by atoms with Gasteiger partial charge in [-0.2, -0.15) is 0 Å². The number of rotatable bonds is 5. The van der Waals surface area contributed by atoms with Crippen molar-refractivity contribution in [1.82, 2.24) is 0 Å². The Morgan fingerprint density at radius 3 is 2.20 bits per heavy atom. The Bertz CT molecular complexity index is 264. The first-order chi connectivity index (χ1) is 6.92. The molecule has 1 rings (SSSR count). The Kier molecular flexibility index (Phi) is 3.53. The summed E-state index contributed by atoms with van der Waals surface area (Å²) in [5, 5.41) is 0. The summed E-state index contributed by atoms with van der Waals surface area (Å²) in [6.07, 6.45) is 1.82. The molecule has 0 aromatic heterocycles. The van der Waals surface area contributed by atoms with E-state index in [1.54, 1.807) is 6.92 Å². The van der Waals surface area contributed by atoms with Crippen LogP contribution in [0.4, 0.5) is 0 Å². The van der Waals surface area contributed by atoms with Crippen LogP contribution in [-0.4, -0.2) is 18.4 Å². The quantitative estimate of drug-likeness (QED) is 0.518. The van der Waals surface area contributed by atoms with E-state index < -0.39 is 5.92 Å². The van der Waals surface area contributed by atoms with Gasteiger partial charge >= 0.3 is 5.97 Å². The second kappa shape index (κ2) is 4.33. The van der Waals surface area contributed by atoms with Gasteiger partial charge in [-0.25, -0.2) is 0 Å². The van der Waals surface area contributed by atoms with E-state index in [1.807, 2.05) is 20.8 Å². The molecule has 0 spiro atoms. The summed E-state index contributed by atoms with van der Waals surface area (Å²) >= 11 is 0. The number of hydrogen-bond donors (Lipinski definition) is 0. The molecule has 1 unspecified atom stereocenters. The Morgan fingerprint density at radius 1 is 1.33 bits per heavy atom. The number of ketones is 1. The maximum Gasteiger partial charge on any atom is 0.316 e. The molecule has 15 heavy (non-hydrogen) atoms. The van der Waals surface area contributed by atoms with Crippen LogP contribution in [0.3, 0.4) is 0 Å². The van der Waals surface area contributed by atoms with Gasteiger partial charge in [0, 0.05) is 5.41 Å². The third kappa shape index (κ3) is 2.58. The third-order valence-electron chi connectivity index (χ3n) is 3.08. The highest BCUT2D eigenvalue weighted by Gasteiger charge is 2.50. The van der Waals surface area contributed by atoms with Crippen molar-refractivity contribution in [1.29, 1.82) is 0 Å². The number of esters is 1. The summed E-state index contributed by atoms with van der Waals surface area (Å²) in [6.45, 7) is 7.82. The number of carbonyl (C=O) groups is 2. The first-order valence-electron chi connectivity index (χ1n) is 5.63. The fourth-order valence-electron chi connectivity index (χ4n) is 1.72. The molecule has 0 N–H and O–H groups in total. The molecule has 86 valence electrons. The zero-order valence-corrected chi connectivity index (χ0v) is 10.0. The van der Waals surface area contributed by atoms with Gasteiger partial charge in [0.05, 0.1) is 6.61 Å². The van der Waals surface area contributed by atoms with E-state index in [1.165, 1.54) is 0 Å². The number of ether oxygens (including phenoxy) is 1. The fourth-order valence-corrected chi connectivity index (χ4v) is 1.72. The Balaban J connectivity index is 2.74. The molecule has 0 aliphatic heterocycles. The van der Waals surface area contributed by atoms with Crippen LogP contribution in [0.2, 0.25) is 0 Å². The van der Waals surface area contributed by atoms with Crippen molar-refractivity contribution < 1.29 is 14.3 Å². The van der Waals surface area contributed by atoms with E-state index in [9.17, 15) is 9.59 Å². The first-order valence-corrected chi connectivity index (χ1v) is 5.63. The van der Waals surface area contributed by atoms with Gasteiger partial charge in [-0.1, -0.05) is 20.8 Å². The summed E-state index contributed by atoms with van der Waals surface area (Å²) in [6, 6.07) is 0. The second-order valence-corrected chi connectivity index (χ2v) is 4.90. The maximum absolute atomic E-state index is 12.1. The molecule has 1 aliphatic rings. The number of hydrogen-bond acceptors (Lipinski definition) is 3. The molecule has 0 bridgehead atoms. The van der Waals surface area contributed by atoms with Gasteiger partial charge < -0.3 is 4.74 Å². The molecule has 1 aliphatic carbocycles. The molecule has 0 aromatic rings. The minimum atomic E-state index is -0.572. The van der Waals surface area contributed by atoms with Crippen molar-refractivity contribution in [3.8, 4) is 0 Å². The van der Waals surface area contributed by atoms with Crippen molar-refractivity contribution in [2.24, 2.45) is 17.3 Å². The smallest absolute Gasteiger partial charge is 0.316 e. The topological polar surface area (TPSA) is 43.4 Å². The van der Waals surface area contributed by atoms with E-state index in [-0.39, 0.29) is 23.1 Å². The molecule has 0 heterocycles. The molecule has 1 saturated carbocycles. The summed E-state index contributed by atoms with van der Waals surface area (Å²) in [5.41, 5.74) is -0.248. The Labute approximate surface area is 91.2 Å². The Hall–Kier alpha value is -0.860. The van der Waals surface area contributed by atoms with Gasteiger partial charge in [-0.05, 0) is 25.7 Å². The predicted molar refractivity (Wildman–Crippen MR) is 57.3 cm³/mol. The third-order valence-corrected chi connectivity index (χ3v) is 3.08. The summed E-state index contributed by atoms with van der Waals surface area (Å²) in [4.78, 5) is 23.7. The van der Waals surface area contributed by atoms with Crippen LogP contribution < -0.4 is 0 Å².